The van der Waals surface area contributed by atoms with Gasteiger partial charge in [-0.25, -0.2) is 0 Å². The van der Waals surface area contributed by atoms with Crippen LogP contribution in [0.3, 0.4) is 0 Å². The molecule has 1 N–H and O–H groups in total. The number of rotatable bonds is 7. The predicted octanol–water partition coefficient (Wildman–Crippen LogP) is 3.80. The molecular formula is C14H19BrN2O. The Morgan fingerprint density at radius 3 is 2.83 bits per heavy atom. The molecule has 0 aromatic heterocycles. The minimum Gasteiger partial charge on any atom is -0.384 e. The van der Waals surface area contributed by atoms with Crippen LogP contribution in [0.15, 0.2) is 22.7 Å². The molecule has 18 heavy (non-hydrogen) atoms. The maximum atomic E-state index is 8.76. The van der Waals surface area contributed by atoms with Crippen LogP contribution in [0.1, 0.15) is 25.8 Å². The van der Waals surface area contributed by atoms with Gasteiger partial charge in [-0.2, -0.15) is 5.26 Å². The molecule has 1 aromatic rings. The first-order valence-corrected chi connectivity index (χ1v) is 6.94. The van der Waals surface area contributed by atoms with Crippen LogP contribution in [-0.4, -0.2) is 19.8 Å². The van der Waals surface area contributed by atoms with Crippen LogP contribution >= 0.6 is 15.9 Å². The van der Waals surface area contributed by atoms with Crippen molar-refractivity contribution in [3.05, 3.63) is 28.2 Å². The Labute approximate surface area is 117 Å². The maximum absolute atomic E-state index is 8.76. The third-order valence-corrected chi connectivity index (χ3v) is 2.99. The summed E-state index contributed by atoms with van der Waals surface area (Å²) in [5.41, 5.74) is 1.67. The standard InChI is InChI=1S/C14H19BrN2O/c1-11(2)10-18-7-3-6-17-14-5-4-12(9-16)8-13(14)15/h4-5,8,11,17H,3,6-7,10H2,1-2H3. The Kier molecular flexibility index (Phi) is 6.77. The van der Waals surface area contributed by atoms with Gasteiger partial charge < -0.3 is 10.1 Å². The topological polar surface area (TPSA) is 45.0 Å². The van der Waals surface area contributed by atoms with Crippen LogP contribution in [0.5, 0.6) is 0 Å². The number of nitriles is 1. The summed E-state index contributed by atoms with van der Waals surface area (Å²) >= 11 is 3.44. The second kappa shape index (κ2) is 8.12. The average molecular weight is 311 g/mol. The molecule has 3 nitrogen and oxygen atoms in total. The van der Waals surface area contributed by atoms with Gasteiger partial charge >= 0.3 is 0 Å². The van der Waals surface area contributed by atoms with Crippen LogP contribution in [0.2, 0.25) is 0 Å². The summed E-state index contributed by atoms with van der Waals surface area (Å²) in [5.74, 6) is 0.589. The molecule has 0 fully saturated rings. The van der Waals surface area contributed by atoms with Crippen molar-refractivity contribution in [3.8, 4) is 6.07 Å². The predicted molar refractivity (Wildman–Crippen MR) is 77.6 cm³/mol. The molecule has 98 valence electrons. The molecule has 0 atom stereocenters. The van der Waals surface area contributed by atoms with E-state index in [2.05, 4.69) is 41.2 Å². The normalized spacial score (nSPS) is 10.4. The Hall–Kier alpha value is -1.05. The first kappa shape index (κ1) is 15.0. The van der Waals surface area contributed by atoms with Crippen molar-refractivity contribution < 1.29 is 4.74 Å². The number of ether oxygens (including phenoxy) is 1. The summed E-state index contributed by atoms with van der Waals surface area (Å²) in [5, 5.41) is 12.1. The van der Waals surface area contributed by atoms with E-state index in [0.717, 1.165) is 36.3 Å². The smallest absolute Gasteiger partial charge is 0.0992 e. The van der Waals surface area contributed by atoms with E-state index in [1.807, 2.05) is 18.2 Å². The van der Waals surface area contributed by atoms with E-state index in [9.17, 15) is 0 Å². The number of anilines is 1. The van der Waals surface area contributed by atoms with Crippen LogP contribution in [0, 0.1) is 17.2 Å². The minimum absolute atomic E-state index is 0.589. The highest BCUT2D eigenvalue weighted by atomic mass is 79.9. The molecule has 1 aromatic carbocycles. The van der Waals surface area contributed by atoms with E-state index in [0.29, 0.717) is 11.5 Å². The SMILES string of the molecule is CC(C)COCCCNc1ccc(C#N)cc1Br. The van der Waals surface area contributed by atoms with Gasteiger partial charge in [-0.3, -0.25) is 0 Å². The quantitative estimate of drug-likeness (QED) is 0.779. The number of hydrogen-bond donors (Lipinski definition) is 1. The molecule has 0 aliphatic rings. The number of nitrogens with zero attached hydrogens (tertiary/aromatic N) is 1. The van der Waals surface area contributed by atoms with E-state index in [1.54, 1.807) is 0 Å². The molecule has 0 saturated heterocycles. The van der Waals surface area contributed by atoms with Gasteiger partial charge in [0.15, 0.2) is 0 Å². The van der Waals surface area contributed by atoms with E-state index < -0.39 is 0 Å². The summed E-state index contributed by atoms with van der Waals surface area (Å²) in [7, 11) is 0. The third-order valence-electron chi connectivity index (χ3n) is 2.33. The molecule has 0 aliphatic carbocycles. The Bertz CT molecular complexity index is 413. The van der Waals surface area contributed by atoms with E-state index in [1.165, 1.54) is 0 Å². The van der Waals surface area contributed by atoms with Crippen LogP contribution in [0.4, 0.5) is 5.69 Å². The lowest BCUT2D eigenvalue weighted by atomic mass is 10.2. The Morgan fingerprint density at radius 2 is 2.22 bits per heavy atom. The van der Waals surface area contributed by atoms with E-state index in [4.69, 9.17) is 10.00 Å². The fourth-order valence-corrected chi connectivity index (χ4v) is 1.96. The fraction of sp³-hybridized carbons (Fsp3) is 0.500. The molecule has 0 aliphatic heterocycles. The monoisotopic (exact) mass is 310 g/mol. The number of hydrogen-bond acceptors (Lipinski definition) is 3. The highest BCUT2D eigenvalue weighted by Crippen LogP contribution is 2.23. The highest BCUT2D eigenvalue weighted by Gasteiger charge is 2.00. The number of nitrogens with one attached hydrogen (secondary N) is 1. The lowest BCUT2D eigenvalue weighted by Crippen LogP contribution is -2.08. The Balaban J connectivity index is 2.25. The van der Waals surface area contributed by atoms with Gasteiger partial charge in [0, 0.05) is 29.9 Å². The molecule has 0 bridgehead atoms. The summed E-state index contributed by atoms with van der Waals surface area (Å²) in [6.07, 6.45) is 0.971. The number of benzene rings is 1. The van der Waals surface area contributed by atoms with Gasteiger partial charge in [0.25, 0.3) is 0 Å². The molecular weight excluding hydrogens is 292 g/mol. The summed E-state index contributed by atoms with van der Waals surface area (Å²) in [6, 6.07) is 7.65. The van der Waals surface area contributed by atoms with Crippen molar-refractivity contribution in [1.29, 1.82) is 5.26 Å². The minimum atomic E-state index is 0.589. The van der Waals surface area contributed by atoms with Crippen LogP contribution in [0.25, 0.3) is 0 Å². The van der Waals surface area contributed by atoms with Gasteiger partial charge in [-0.05, 0) is 46.5 Å². The first-order valence-electron chi connectivity index (χ1n) is 6.14. The van der Waals surface area contributed by atoms with Crippen LogP contribution in [-0.2, 0) is 4.74 Å². The fourth-order valence-electron chi connectivity index (χ4n) is 1.44. The second-order valence-corrected chi connectivity index (χ2v) is 5.41. The molecule has 0 spiro atoms. The third kappa shape index (κ3) is 5.52. The molecule has 0 radical (unpaired) electrons. The van der Waals surface area contributed by atoms with Gasteiger partial charge in [0.1, 0.15) is 0 Å². The van der Waals surface area contributed by atoms with E-state index >= 15 is 0 Å². The largest absolute Gasteiger partial charge is 0.384 e. The van der Waals surface area contributed by atoms with Gasteiger partial charge in [0.2, 0.25) is 0 Å². The lowest BCUT2D eigenvalue weighted by Gasteiger charge is -2.10. The van der Waals surface area contributed by atoms with Gasteiger partial charge in [-0.1, -0.05) is 13.8 Å². The van der Waals surface area contributed by atoms with Gasteiger partial charge in [0.05, 0.1) is 11.6 Å². The van der Waals surface area contributed by atoms with Gasteiger partial charge in [-0.15, -0.1) is 0 Å². The van der Waals surface area contributed by atoms with Crippen LogP contribution < -0.4 is 5.32 Å². The summed E-state index contributed by atoms with van der Waals surface area (Å²) in [6.45, 7) is 6.75. The summed E-state index contributed by atoms with van der Waals surface area (Å²) in [4.78, 5) is 0. The zero-order chi connectivity index (χ0) is 13.4. The van der Waals surface area contributed by atoms with Crippen molar-refractivity contribution in [3.63, 3.8) is 0 Å². The molecule has 4 heteroatoms. The second-order valence-electron chi connectivity index (χ2n) is 4.56. The zero-order valence-corrected chi connectivity index (χ0v) is 12.5. The van der Waals surface area contributed by atoms with Crippen molar-refractivity contribution in [2.75, 3.05) is 25.1 Å². The van der Waals surface area contributed by atoms with Crippen molar-refractivity contribution in [1.82, 2.24) is 0 Å². The highest BCUT2D eigenvalue weighted by molar-refractivity contribution is 9.10. The zero-order valence-electron chi connectivity index (χ0n) is 10.9. The average Bonchev–Trinajstić information content (AvgIpc) is 2.34. The first-order chi connectivity index (χ1) is 8.63. The lowest BCUT2D eigenvalue weighted by molar-refractivity contribution is 0.110. The maximum Gasteiger partial charge on any atom is 0.0992 e. The molecule has 0 unspecified atom stereocenters. The summed E-state index contributed by atoms with van der Waals surface area (Å²) < 4.78 is 6.43. The number of halogens is 1. The molecule has 0 heterocycles. The van der Waals surface area contributed by atoms with Crippen molar-refractivity contribution in [2.45, 2.75) is 20.3 Å². The molecule has 0 saturated carbocycles. The Morgan fingerprint density at radius 1 is 1.44 bits per heavy atom. The van der Waals surface area contributed by atoms with Crippen molar-refractivity contribution in [2.24, 2.45) is 5.92 Å². The van der Waals surface area contributed by atoms with E-state index in [-0.39, 0.29) is 0 Å². The molecule has 0 amide bonds. The van der Waals surface area contributed by atoms with Crippen molar-refractivity contribution >= 4 is 21.6 Å². The molecule has 1 rings (SSSR count).